The van der Waals surface area contributed by atoms with E-state index in [2.05, 4.69) is 11.6 Å². The molecule has 56 valence electrons. The molecule has 10 heavy (non-hydrogen) atoms. The fourth-order valence-electron chi connectivity index (χ4n) is 0.399. The Morgan fingerprint density at radius 3 is 2.40 bits per heavy atom. The SMILES string of the molecule is C=C/C(Cl)=C(/N)N=C(C)C. The summed E-state index contributed by atoms with van der Waals surface area (Å²) in [5.41, 5.74) is 6.29. The van der Waals surface area contributed by atoms with Crippen LogP contribution in [-0.4, -0.2) is 5.71 Å². The molecule has 0 radical (unpaired) electrons. The van der Waals surface area contributed by atoms with Crippen LogP contribution >= 0.6 is 11.6 Å². The van der Waals surface area contributed by atoms with Gasteiger partial charge in [-0.2, -0.15) is 0 Å². The van der Waals surface area contributed by atoms with Gasteiger partial charge in [-0.05, 0) is 19.9 Å². The van der Waals surface area contributed by atoms with E-state index in [0.717, 1.165) is 5.71 Å². The quantitative estimate of drug-likeness (QED) is 0.485. The zero-order valence-corrected chi connectivity index (χ0v) is 6.94. The van der Waals surface area contributed by atoms with E-state index in [-0.39, 0.29) is 0 Å². The lowest BCUT2D eigenvalue weighted by molar-refractivity contribution is 1.22. The first-order valence-corrected chi connectivity index (χ1v) is 3.25. The van der Waals surface area contributed by atoms with Crippen LogP contribution in [0.5, 0.6) is 0 Å². The summed E-state index contributed by atoms with van der Waals surface area (Å²) in [7, 11) is 0. The second-order valence-corrected chi connectivity index (χ2v) is 2.40. The van der Waals surface area contributed by atoms with Crippen LogP contribution in [0, 0.1) is 0 Å². The largest absolute Gasteiger partial charge is 0.382 e. The molecule has 0 unspecified atom stereocenters. The summed E-state index contributed by atoms with van der Waals surface area (Å²) in [4.78, 5) is 3.92. The third kappa shape index (κ3) is 3.30. The summed E-state index contributed by atoms with van der Waals surface area (Å²) in [6.07, 6.45) is 1.46. The standard InChI is InChI=1S/C7H11ClN2/c1-4-6(8)7(9)10-5(2)3/h4H,1,9H2,2-3H3/b7-6+. The molecule has 0 heterocycles. The molecule has 0 aliphatic heterocycles. The maximum Gasteiger partial charge on any atom is 0.142 e. The highest BCUT2D eigenvalue weighted by Crippen LogP contribution is 2.06. The Balaban J connectivity index is 4.48. The van der Waals surface area contributed by atoms with E-state index in [1.807, 2.05) is 13.8 Å². The average molecular weight is 159 g/mol. The van der Waals surface area contributed by atoms with Gasteiger partial charge in [0.15, 0.2) is 0 Å². The molecule has 0 saturated heterocycles. The molecule has 0 aromatic carbocycles. The van der Waals surface area contributed by atoms with Gasteiger partial charge < -0.3 is 5.73 Å². The molecule has 2 N–H and O–H groups in total. The molecule has 0 rings (SSSR count). The predicted octanol–water partition coefficient (Wildman–Crippen LogP) is 2.02. The maximum absolute atomic E-state index is 5.59. The number of nitrogens with zero attached hydrogens (tertiary/aromatic N) is 1. The fraction of sp³-hybridized carbons (Fsp3) is 0.286. The van der Waals surface area contributed by atoms with Crippen LogP contribution in [0.1, 0.15) is 13.8 Å². The number of halogens is 1. The zero-order valence-electron chi connectivity index (χ0n) is 6.19. The van der Waals surface area contributed by atoms with Gasteiger partial charge in [-0.1, -0.05) is 18.2 Å². The van der Waals surface area contributed by atoms with Crippen molar-refractivity contribution < 1.29 is 0 Å². The zero-order chi connectivity index (χ0) is 8.15. The van der Waals surface area contributed by atoms with Crippen LogP contribution in [0.4, 0.5) is 0 Å². The van der Waals surface area contributed by atoms with Gasteiger partial charge in [-0.25, -0.2) is 4.99 Å². The molecule has 0 amide bonds. The Kier molecular flexibility index (Phi) is 3.81. The maximum atomic E-state index is 5.59. The Hall–Kier alpha value is -0.760. The molecule has 0 saturated carbocycles. The number of aliphatic imine (C=N–C) groups is 1. The van der Waals surface area contributed by atoms with E-state index >= 15 is 0 Å². The lowest BCUT2D eigenvalue weighted by Crippen LogP contribution is -1.97. The van der Waals surface area contributed by atoms with Crippen LogP contribution in [0.25, 0.3) is 0 Å². The average Bonchev–Trinajstić information content (AvgIpc) is 1.85. The first-order chi connectivity index (χ1) is 4.57. The molecule has 0 aliphatic carbocycles. The van der Waals surface area contributed by atoms with Crippen molar-refractivity contribution >= 4 is 17.3 Å². The fourth-order valence-corrected chi connectivity index (χ4v) is 0.441. The Morgan fingerprint density at radius 2 is 2.10 bits per heavy atom. The third-order valence-corrected chi connectivity index (χ3v) is 1.12. The van der Waals surface area contributed by atoms with Gasteiger partial charge >= 0.3 is 0 Å². The topological polar surface area (TPSA) is 38.4 Å². The van der Waals surface area contributed by atoms with Crippen molar-refractivity contribution in [3.05, 3.63) is 23.5 Å². The summed E-state index contributed by atoms with van der Waals surface area (Å²) in [5, 5.41) is 0.390. The van der Waals surface area contributed by atoms with Gasteiger partial charge in [0.05, 0.1) is 5.03 Å². The van der Waals surface area contributed by atoms with E-state index in [1.54, 1.807) is 0 Å². The summed E-state index contributed by atoms with van der Waals surface area (Å²) < 4.78 is 0. The van der Waals surface area contributed by atoms with Crippen molar-refractivity contribution in [3.8, 4) is 0 Å². The van der Waals surface area contributed by atoms with Gasteiger partial charge in [0.2, 0.25) is 0 Å². The lowest BCUT2D eigenvalue weighted by Gasteiger charge is -1.94. The predicted molar refractivity (Wildman–Crippen MR) is 46.0 cm³/mol. The Bertz CT molecular complexity index is 188. The minimum Gasteiger partial charge on any atom is -0.382 e. The van der Waals surface area contributed by atoms with E-state index < -0.39 is 0 Å². The highest BCUT2D eigenvalue weighted by molar-refractivity contribution is 6.31. The number of allylic oxidation sites excluding steroid dienone is 2. The number of hydrogen-bond donors (Lipinski definition) is 1. The lowest BCUT2D eigenvalue weighted by atomic mass is 10.5. The molecule has 0 aromatic heterocycles. The minimum absolute atomic E-state index is 0.316. The van der Waals surface area contributed by atoms with Crippen molar-refractivity contribution in [2.45, 2.75) is 13.8 Å². The Labute approximate surface area is 66.1 Å². The minimum atomic E-state index is 0.316. The van der Waals surface area contributed by atoms with Crippen LogP contribution in [0.3, 0.4) is 0 Å². The van der Waals surface area contributed by atoms with E-state index in [9.17, 15) is 0 Å². The van der Waals surface area contributed by atoms with Crippen molar-refractivity contribution in [1.82, 2.24) is 0 Å². The number of rotatable bonds is 2. The molecule has 3 heteroatoms. The molecule has 0 atom stereocenters. The molecule has 0 bridgehead atoms. The van der Waals surface area contributed by atoms with Crippen molar-refractivity contribution in [1.29, 1.82) is 0 Å². The number of hydrogen-bond acceptors (Lipinski definition) is 2. The summed E-state index contributed by atoms with van der Waals surface area (Å²) in [6.45, 7) is 7.14. The van der Waals surface area contributed by atoms with Gasteiger partial charge in [-0.15, -0.1) is 0 Å². The summed E-state index contributed by atoms with van der Waals surface area (Å²) in [6, 6.07) is 0. The second-order valence-electron chi connectivity index (χ2n) is 2.00. The van der Waals surface area contributed by atoms with Crippen molar-refractivity contribution in [2.75, 3.05) is 0 Å². The second kappa shape index (κ2) is 4.12. The van der Waals surface area contributed by atoms with Crippen molar-refractivity contribution in [3.63, 3.8) is 0 Å². The van der Waals surface area contributed by atoms with E-state index in [0.29, 0.717) is 10.9 Å². The molecule has 0 spiro atoms. The molecule has 2 nitrogen and oxygen atoms in total. The van der Waals surface area contributed by atoms with Crippen LogP contribution in [0.2, 0.25) is 0 Å². The van der Waals surface area contributed by atoms with Gasteiger partial charge in [0.25, 0.3) is 0 Å². The summed E-state index contributed by atoms with van der Waals surface area (Å²) in [5.74, 6) is 0.316. The third-order valence-electron chi connectivity index (χ3n) is 0.768. The highest BCUT2D eigenvalue weighted by atomic mass is 35.5. The van der Waals surface area contributed by atoms with E-state index in [4.69, 9.17) is 17.3 Å². The monoisotopic (exact) mass is 158 g/mol. The van der Waals surface area contributed by atoms with Crippen LogP contribution in [-0.2, 0) is 0 Å². The molecule has 0 aromatic rings. The Morgan fingerprint density at radius 1 is 1.60 bits per heavy atom. The molecular formula is C7H11ClN2. The normalized spacial score (nSPS) is 11.9. The highest BCUT2D eigenvalue weighted by Gasteiger charge is 1.91. The van der Waals surface area contributed by atoms with Crippen LogP contribution < -0.4 is 5.73 Å². The first kappa shape index (κ1) is 9.24. The number of nitrogens with two attached hydrogens (primary N) is 1. The smallest absolute Gasteiger partial charge is 0.142 e. The molecule has 0 aliphatic rings. The van der Waals surface area contributed by atoms with Gasteiger partial charge in [-0.3, -0.25) is 0 Å². The van der Waals surface area contributed by atoms with Crippen molar-refractivity contribution in [2.24, 2.45) is 10.7 Å². The van der Waals surface area contributed by atoms with Gasteiger partial charge in [0, 0.05) is 5.71 Å². The van der Waals surface area contributed by atoms with Gasteiger partial charge in [0.1, 0.15) is 5.82 Å². The molecule has 0 fully saturated rings. The molecular weight excluding hydrogens is 148 g/mol. The van der Waals surface area contributed by atoms with Crippen LogP contribution in [0.15, 0.2) is 28.5 Å². The van der Waals surface area contributed by atoms with E-state index in [1.165, 1.54) is 6.08 Å². The summed E-state index contributed by atoms with van der Waals surface area (Å²) >= 11 is 5.59. The first-order valence-electron chi connectivity index (χ1n) is 2.87.